The summed E-state index contributed by atoms with van der Waals surface area (Å²) in [6, 6.07) is 15.7. The van der Waals surface area contributed by atoms with E-state index in [1.807, 2.05) is 37.3 Å². The van der Waals surface area contributed by atoms with Crippen LogP contribution in [0.5, 0.6) is 0 Å². The Morgan fingerprint density at radius 1 is 1.10 bits per heavy atom. The van der Waals surface area contributed by atoms with E-state index in [9.17, 15) is 8.42 Å². The third kappa shape index (κ3) is 3.93. The second kappa shape index (κ2) is 6.11. The lowest BCUT2D eigenvalue weighted by Gasteiger charge is -2.20. The maximum atomic E-state index is 11.0. The Morgan fingerprint density at radius 3 is 2.14 bits per heavy atom. The zero-order valence-corrected chi connectivity index (χ0v) is 12.5. The Balaban J connectivity index is 2.24. The molecule has 4 nitrogen and oxygen atoms in total. The second-order valence-corrected chi connectivity index (χ2v) is 6.26. The molecule has 21 heavy (non-hydrogen) atoms. The van der Waals surface area contributed by atoms with E-state index in [4.69, 9.17) is 4.55 Å². The van der Waals surface area contributed by atoms with Crippen LogP contribution < -0.4 is 5.32 Å². The molecule has 1 atom stereocenters. The summed E-state index contributed by atoms with van der Waals surface area (Å²) in [5.41, 5.74) is 2.77. The lowest BCUT2D eigenvalue weighted by atomic mass is 10.0. The summed E-state index contributed by atoms with van der Waals surface area (Å²) in [4.78, 5) is -0.125. The minimum Gasteiger partial charge on any atom is -0.374 e. The van der Waals surface area contributed by atoms with Gasteiger partial charge in [-0.3, -0.25) is 4.55 Å². The van der Waals surface area contributed by atoms with E-state index in [1.54, 1.807) is 12.1 Å². The molecule has 0 aliphatic heterocycles. The first-order valence-corrected chi connectivity index (χ1v) is 7.86. The van der Waals surface area contributed by atoms with Crippen molar-refractivity contribution in [1.29, 1.82) is 0 Å². The highest BCUT2D eigenvalue weighted by Crippen LogP contribution is 2.25. The molecule has 0 saturated heterocycles. The van der Waals surface area contributed by atoms with Crippen LogP contribution in [-0.4, -0.2) is 13.0 Å². The first kappa shape index (κ1) is 15.3. The van der Waals surface area contributed by atoms with Crippen molar-refractivity contribution in [2.75, 3.05) is 5.32 Å². The van der Waals surface area contributed by atoms with E-state index in [0.29, 0.717) is 0 Å². The fraction of sp³-hybridized carbons (Fsp3) is 0.125. The molecule has 0 heterocycles. The number of hydrogen-bond donors (Lipinski definition) is 2. The van der Waals surface area contributed by atoms with E-state index in [1.165, 1.54) is 12.1 Å². The van der Waals surface area contributed by atoms with Crippen LogP contribution in [0.3, 0.4) is 0 Å². The van der Waals surface area contributed by atoms with Crippen molar-refractivity contribution < 1.29 is 13.0 Å². The van der Waals surface area contributed by atoms with Crippen molar-refractivity contribution in [3.05, 3.63) is 72.3 Å². The lowest BCUT2D eigenvalue weighted by Crippen LogP contribution is -2.11. The van der Waals surface area contributed by atoms with Gasteiger partial charge in [-0.25, -0.2) is 0 Å². The first-order valence-electron chi connectivity index (χ1n) is 6.42. The van der Waals surface area contributed by atoms with Gasteiger partial charge >= 0.3 is 0 Å². The highest BCUT2D eigenvalue weighted by molar-refractivity contribution is 7.85. The van der Waals surface area contributed by atoms with E-state index in [2.05, 4.69) is 11.9 Å². The van der Waals surface area contributed by atoms with Crippen LogP contribution >= 0.6 is 0 Å². The maximum absolute atomic E-state index is 11.0. The molecule has 0 aliphatic rings. The van der Waals surface area contributed by atoms with Crippen LogP contribution in [0.4, 0.5) is 5.69 Å². The highest BCUT2D eigenvalue weighted by Gasteiger charge is 2.13. The molecule has 110 valence electrons. The predicted octanol–water partition coefficient (Wildman–Crippen LogP) is 3.66. The molecule has 0 aromatic heterocycles. The Labute approximate surface area is 124 Å². The van der Waals surface area contributed by atoms with Crippen molar-refractivity contribution in [3.63, 3.8) is 0 Å². The average Bonchev–Trinajstić information content (AvgIpc) is 2.45. The van der Waals surface area contributed by atoms with Crippen molar-refractivity contribution in [1.82, 2.24) is 0 Å². The summed E-state index contributed by atoms with van der Waals surface area (Å²) in [5, 5.41) is 3.30. The Hall–Kier alpha value is -2.11. The highest BCUT2D eigenvalue weighted by atomic mass is 32.2. The molecule has 1 unspecified atom stereocenters. The van der Waals surface area contributed by atoms with Gasteiger partial charge in [0.25, 0.3) is 10.1 Å². The van der Waals surface area contributed by atoms with Gasteiger partial charge in [0, 0.05) is 5.69 Å². The molecule has 2 N–H and O–H groups in total. The van der Waals surface area contributed by atoms with Crippen LogP contribution in [0, 0.1) is 0 Å². The van der Waals surface area contributed by atoms with Crippen LogP contribution in [0.1, 0.15) is 18.5 Å². The number of benzene rings is 2. The average molecular weight is 303 g/mol. The van der Waals surface area contributed by atoms with Gasteiger partial charge in [0.1, 0.15) is 0 Å². The number of hydrogen-bond acceptors (Lipinski definition) is 3. The van der Waals surface area contributed by atoms with Gasteiger partial charge in [-0.2, -0.15) is 8.42 Å². The minimum absolute atomic E-state index is 0.0669. The predicted molar refractivity (Wildman–Crippen MR) is 83.9 cm³/mol. The van der Waals surface area contributed by atoms with E-state index in [0.717, 1.165) is 16.8 Å². The summed E-state index contributed by atoms with van der Waals surface area (Å²) in [5.74, 6) is 0. The van der Waals surface area contributed by atoms with Crippen LogP contribution in [0.15, 0.2) is 71.6 Å². The zero-order chi connectivity index (χ0) is 15.5. The SMILES string of the molecule is C=C(C)C(Nc1ccc(S(=O)(=O)O)cc1)c1ccccc1. The van der Waals surface area contributed by atoms with Crippen molar-refractivity contribution >= 4 is 15.8 Å². The number of anilines is 1. The third-order valence-electron chi connectivity index (χ3n) is 3.09. The van der Waals surface area contributed by atoms with Gasteiger partial charge in [-0.1, -0.05) is 42.5 Å². The van der Waals surface area contributed by atoms with Gasteiger partial charge in [0.05, 0.1) is 10.9 Å². The summed E-state index contributed by atoms with van der Waals surface area (Å²) < 4.78 is 31.0. The van der Waals surface area contributed by atoms with Gasteiger partial charge in [0.2, 0.25) is 0 Å². The third-order valence-corrected chi connectivity index (χ3v) is 3.96. The molecule has 2 aromatic rings. The fourth-order valence-electron chi connectivity index (χ4n) is 2.03. The number of rotatable bonds is 5. The second-order valence-electron chi connectivity index (χ2n) is 4.83. The normalized spacial score (nSPS) is 12.7. The minimum atomic E-state index is -4.16. The van der Waals surface area contributed by atoms with Gasteiger partial charge in [-0.15, -0.1) is 0 Å². The smallest absolute Gasteiger partial charge is 0.294 e. The molecule has 0 radical (unpaired) electrons. The topological polar surface area (TPSA) is 66.4 Å². The molecule has 0 aliphatic carbocycles. The summed E-state index contributed by atoms with van der Waals surface area (Å²) in [7, 11) is -4.16. The van der Waals surface area contributed by atoms with Crippen LogP contribution in [-0.2, 0) is 10.1 Å². The van der Waals surface area contributed by atoms with Crippen LogP contribution in [0.2, 0.25) is 0 Å². The molecule has 0 amide bonds. The van der Waals surface area contributed by atoms with Crippen molar-refractivity contribution in [2.24, 2.45) is 0 Å². The zero-order valence-electron chi connectivity index (χ0n) is 11.7. The maximum Gasteiger partial charge on any atom is 0.294 e. The Bertz CT molecular complexity index is 722. The summed E-state index contributed by atoms with van der Waals surface area (Å²) >= 11 is 0. The van der Waals surface area contributed by atoms with E-state index in [-0.39, 0.29) is 10.9 Å². The molecule has 5 heteroatoms. The molecule has 2 rings (SSSR count). The van der Waals surface area contributed by atoms with Crippen LogP contribution in [0.25, 0.3) is 0 Å². The molecule has 0 spiro atoms. The summed E-state index contributed by atoms with van der Waals surface area (Å²) in [6.07, 6.45) is 0. The Kier molecular flexibility index (Phi) is 4.45. The fourth-order valence-corrected chi connectivity index (χ4v) is 2.51. The van der Waals surface area contributed by atoms with E-state index >= 15 is 0 Å². The van der Waals surface area contributed by atoms with Crippen molar-refractivity contribution in [3.8, 4) is 0 Å². The lowest BCUT2D eigenvalue weighted by molar-refractivity contribution is 0.483. The molecule has 2 aromatic carbocycles. The molecule has 0 saturated carbocycles. The Morgan fingerprint density at radius 2 is 1.67 bits per heavy atom. The molecule has 0 fully saturated rings. The van der Waals surface area contributed by atoms with E-state index < -0.39 is 10.1 Å². The monoisotopic (exact) mass is 303 g/mol. The van der Waals surface area contributed by atoms with Crippen molar-refractivity contribution in [2.45, 2.75) is 17.9 Å². The summed E-state index contributed by atoms with van der Waals surface area (Å²) in [6.45, 7) is 5.91. The standard InChI is InChI=1S/C16H17NO3S/c1-12(2)16(13-6-4-3-5-7-13)17-14-8-10-15(11-9-14)21(18,19)20/h3-11,16-17H,1H2,2H3,(H,18,19,20). The molecular formula is C16H17NO3S. The molecular weight excluding hydrogens is 286 g/mol. The number of nitrogens with one attached hydrogen (secondary N) is 1. The van der Waals surface area contributed by atoms with Gasteiger partial charge in [0.15, 0.2) is 0 Å². The van der Waals surface area contributed by atoms with Gasteiger partial charge < -0.3 is 5.32 Å². The first-order chi connectivity index (χ1) is 9.88. The quantitative estimate of drug-likeness (QED) is 0.653. The largest absolute Gasteiger partial charge is 0.374 e. The van der Waals surface area contributed by atoms with Gasteiger partial charge in [-0.05, 0) is 36.8 Å². The molecule has 0 bridgehead atoms.